The second kappa shape index (κ2) is 9.70. The average Bonchev–Trinajstić information content (AvgIpc) is 2.71. The highest BCUT2D eigenvalue weighted by atomic mass is 19.1. The molecule has 0 N–H and O–H groups in total. The third-order valence-electron chi connectivity index (χ3n) is 6.10. The molecule has 1 aliphatic carbocycles. The summed E-state index contributed by atoms with van der Waals surface area (Å²) in [6, 6.07) is 15.7. The molecule has 1 saturated carbocycles. The van der Waals surface area contributed by atoms with Crippen molar-refractivity contribution in [1.82, 2.24) is 0 Å². The molecule has 2 aromatic rings. The number of nitrogens with zero attached hydrogens (tertiary/aromatic N) is 1. The molecule has 0 amide bonds. The third kappa shape index (κ3) is 5.42. The number of rotatable bonds is 7. The first-order chi connectivity index (χ1) is 13.2. The Labute approximate surface area is 163 Å². The van der Waals surface area contributed by atoms with E-state index in [1.54, 1.807) is 6.07 Å². The highest BCUT2D eigenvalue weighted by Crippen LogP contribution is 2.38. The lowest BCUT2D eigenvalue weighted by Crippen LogP contribution is -2.14. The van der Waals surface area contributed by atoms with Crippen molar-refractivity contribution in [2.45, 2.75) is 70.6 Å². The summed E-state index contributed by atoms with van der Waals surface area (Å²) in [7, 11) is 0. The zero-order valence-corrected chi connectivity index (χ0v) is 16.4. The van der Waals surface area contributed by atoms with Crippen molar-refractivity contribution in [3.05, 3.63) is 70.5 Å². The largest absolute Gasteiger partial charge is 0.207 e. The molecule has 0 aliphatic heterocycles. The van der Waals surface area contributed by atoms with Crippen molar-refractivity contribution >= 4 is 0 Å². The van der Waals surface area contributed by atoms with Gasteiger partial charge in [-0.15, -0.1) is 0 Å². The molecule has 1 nitrogen and oxygen atoms in total. The molecule has 0 spiro atoms. The fourth-order valence-corrected chi connectivity index (χ4v) is 4.35. The molecular formula is C25H30FN. The molecule has 0 radical (unpaired) electrons. The topological polar surface area (TPSA) is 23.8 Å². The van der Waals surface area contributed by atoms with Gasteiger partial charge >= 0.3 is 0 Å². The monoisotopic (exact) mass is 363 g/mol. The summed E-state index contributed by atoms with van der Waals surface area (Å²) in [5.41, 5.74) is 3.84. The molecule has 2 heteroatoms. The Morgan fingerprint density at radius 2 is 1.63 bits per heavy atom. The van der Waals surface area contributed by atoms with E-state index in [0.717, 1.165) is 42.7 Å². The molecular weight excluding hydrogens is 333 g/mol. The number of hydrogen-bond acceptors (Lipinski definition) is 1. The molecule has 0 aromatic heterocycles. The molecule has 27 heavy (non-hydrogen) atoms. The van der Waals surface area contributed by atoms with E-state index in [0.29, 0.717) is 11.5 Å². The van der Waals surface area contributed by atoms with Crippen LogP contribution in [0.1, 0.15) is 80.0 Å². The summed E-state index contributed by atoms with van der Waals surface area (Å²) in [4.78, 5) is 0. The van der Waals surface area contributed by atoms with Crippen molar-refractivity contribution in [1.29, 1.82) is 5.26 Å². The number of hydrogen-bond donors (Lipinski definition) is 0. The highest BCUT2D eigenvalue weighted by molar-refractivity contribution is 5.33. The van der Waals surface area contributed by atoms with Crippen LogP contribution < -0.4 is 0 Å². The molecule has 0 atom stereocenters. The summed E-state index contributed by atoms with van der Waals surface area (Å²) in [6.45, 7) is 2.25. The Morgan fingerprint density at radius 1 is 0.963 bits per heavy atom. The van der Waals surface area contributed by atoms with Crippen molar-refractivity contribution < 1.29 is 4.39 Å². The number of unbranched alkanes of at least 4 members (excludes halogenated alkanes) is 1. The van der Waals surface area contributed by atoms with E-state index in [2.05, 4.69) is 19.1 Å². The van der Waals surface area contributed by atoms with Gasteiger partial charge in [0.2, 0.25) is 0 Å². The number of benzene rings is 2. The van der Waals surface area contributed by atoms with Gasteiger partial charge in [-0.3, -0.25) is 0 Å². The van der Waals surface area contributed by atoms with Crippen molar-refractivity contribution in [2.75, 3.05) is 0 Å². The summed E-state index contributed by atoms with van der Waals surface area (Å²) < 4.78 is 14.7. The maximum atomic E-state index is 14.7. The SMILES string of the molecule is CCCC[C@H]1CC[C@H](c2ccc(CCc3ccc(C#N)cc3)cc2F)CC1. The first-order valence-electron chi connectivity index (χ1n) is 10.5. The fourth-order valence-electron chi connectivity index (χ4n) is 4.35. The minimum absolute atomic E-state index is 0.0238. The van der Waals surface area contributed by atoms with Crippen LogP contribution in [0.15, 0.2) is 42.5 Å². The smallest absolute Gasteiger partial charge is 0.126 e. The first kappa shape index (κ1) is 19.6. The lowest BCUT2D eigenvalue weighted by atomic mass is 9.77. The van der Waals surface area contributed by atoms with Crippen LogP contribution in [0.3, 0.4) is 0 Å². The lowest BCUT2D eigenvalue weighted by molar-refractivity contribution is 0.300. The van der Waals surface area contributed by atoms with Crippen molar-refractivity contribution in [3.63, 3.8) is 0 Å². The van der Waals surface area contributed by atoms with Gasteiger partial charge in [-0.25, -0.2) is 4.39 Å². The molecule has 0 heterocycles. The van der Waals surface area contributed by atoms with E-state index in [9.17, 15) is 4.39 Å². The normalized spacial score (nSPS) is 19.6. The highest BCUT2D eigenvalue weighted by Gasteiger charge is 2.24. The van der Waals surface area contributed by atoms with E-state index in [1.165, 1.54) is 37.7 Å². The van der Waals surface area contributed by atoms with Gasteiger partial charge in [0.1, 0.15) is 5.82 Å². The zero-order chi connectivity index (χ0) is 19.1. The van der Waals surface area contributed by atoms with Crippen LogP contribution in [-0.2, 0) is 12.8 Å². The van der Waals surface area contributed by atoms with Gasteiger partial charge in [-0.05, 0) is 85.3 Å². The van der Waals surface area contributed by atoms with E-state index in [1.807, 2.05) is 30.3 Å². The molecule has 142 valence electrons. The molecule has 1 aliphatic rings. The van der Waals surface area contributed by atoms with Gasteiger partial charge in [-0.1, -0.05) is 50.5 Å². The molecule has 0 unspecified atom stereocenters. The minimum Gasteiger partial charge on any atom is -0.207 e. The summed E-state index contributed by atoms with van der Waals surface area (Å²) in [5, 5.41) is 8.86. The van der Waals surface area contributed by atoms with E-state index >= 15 is 0 Å². The fraction of sp³-hybridized carbons (Fsp3) is 0.480. The molecule has 1 fully saturated rings. The van der Waals surface area contributed by atoms with Crippen LogP contribution in [0, 0.1) is 23.1 Å². The minimum atomic E-state index is -0.0238. The Morgan fingerprint density at radius 3 is 2.26 bits per heavy atom. The van der Waals surface area contributed by atoms with Crippen LogP contribution in [0.4, 0.5) is 4.39 Å². The molecule has 0 saturated heterocycles. The van der Waals surface area contributed by atoms with Crippen molar-refractivity contribution in [2.24, 2.45) is 5.92 Å². The van der Waals surface area contributed by atoms with Gasteiger partial charge in [0.25, 0.3) is 0 Å². The number of aryl methyl sites for hydroxylation is 2. The molecule has 0 bridgehead atoms. The first-order valence-corrected chi connectivity index (χ1v) is 10.5. The predicted molar refractivity (Wildman–Crippen MR) is 109 cm³/mol. The summed E-state index contributed by atoms with van der Waals surface area (Å²) >= 11 is 0. The zero-order valence-electron chi connectivity index (χ0n) is 16.4. The third-order valence-corrected chi connectivity index (χ3v) is 6.10. The standard InChI is InChI=1S/C25H30FN/c1-2-3-4-19-11-14-23(15-12-19)24-16-13-21(17-25(24)26)8-5-20-6-9-22(18-27)10-7-20/h6-7,9-10,13,16-17,19,23H,2-5,8,11-12,14-15H2,1H3/t19-,23-. The van der Waals surface area contributed by atoms with Crippen LogP contribution >= 0.6 is 0 Å². The van der Waals surface area contributed by atoms with Crippen LogP contribution in [0.5, 0.6) is 0 Å². The Balaban J connectivity index is 1.55. The van der Waals surface area contributed by atoms with Gasteiger partial charge in [0, 0.05) is 0 Å². The Hall–Kier alpha value is -2.14. The summed E-state index contributed by atoms with van der Waals surface area (Å²) in [5.74, 6) is 1.23. The van der Waals surface area contributed by atoms with Gasteiger partial charge in [0.05, 0.1) is 11.6 Å². The van der Waals surface area contributed by atoms with Gasteiger partial charge in [-0.2, -0.15) is 5.26 Å². The van der Waals surface area contributed by atoms with Crippen LogP contribution in [0.2, 0.25) is 0 Å². The Kier molecular flexibility index (Phi) is 7.04. The maximum Gasteiger partial charge on any atom is 0.126 e. The van der Waals surface area contributed by atoms with E-state index in [-0.39, 0.29) is 5.82 Å². The Bertz CT molecular complexity index is 764. The number of nitriles is 1. The van der Waals surface area contributed by atoms with Crippen molar-refractivity contribution in [3.8, 4) is 6.07 Å². The van der Waals surface area contributed by atoms with Crippen LogP contribution in [0.25, 0.3) is 0 Å². The van der Waals surface area contributed by atoms with E-state index < -0.39 is 0 Å². The van der Waals surface area contributed by atoms with E-state index in [4.69, 9.17) is 5.26 Å². The quantitative estimate of drug-likeness (QED) is 0.522. The van der Waals surface area contributed by atoms with Gasteiger partial charge in [0.15, 0.2) is 0 Å². The summed E-state index contributed by atoms with van der Waals surface area (Å²) in [6.07, 6.45) is 10.4. The lowest BCUT2D eigenvalue weighted by Gasteiger charge is -2.29. The number of halogens is 1. The molecule has 3 rings (SSSR count). The average molecular weight is 364 g/mol. The maximum absolute atomic E-state index is 14.7. The predicted octanol–water partition coefficient (Wildman–Crippen LogP) is 6.95. The van der Waals surface area contributed by atoms with Gasteiger partial charge < -0.3 is 0 Å². The van der Waals surface area contributed by atoms with Crippen LogP contribution in [-0.4, -0.2) is 0 Å². The second-order valence-electron chi connectivity index (χ2n) is 8.02. The molecule has 2 aromatic carbocycles. The second-order valence-corrected chi connectivity index (χ2v) is 8.02.